The number of nitrogens with zero attached hydrogens (tertiary/aromatic N) is 1. The molecule has 0 bridgehead atoms. The Balaban J connectivity index is 0.000000289. The van der Waals surface area contributed by atoms with Crippen molar-refractivity contribution in [1.29, 1.82) is 0 Å². The highest BCUT2D eigenvalue weighted by Crippen LogP contribution is 2.48. The standard InChI is InChI=1S/C65H45N.C13H12.C7H8/c1-44-31-33-47(34-32-44)62-54-23-8-12-27-58(54)64(59-28-13-9-24-55(59)62)49-19-16-20-50(43-49)65-60-29-14-10-25-56(60)63(57-26-11-15-30-61(57)65)48-37-41-53(42-38-48)66(51-21-6-3-7-22-51)52-39-35-46(36-40-52)45-17-4-2-5-18-45;1-11-7-9-13(10-8-11)12-5-3-2-4-6-12;1-7-5-3-2-4-6-7/h2-43H,1H3;2-10H,1H3;2-6H,1H3. The molecule has 0 aliphatic rings. The fourth-order valence-corrected chi connectivity index (χ4v) is 12.2. The normalized spacial score (nSPS) is 11.0. The van der Waals surface area contributed by atoms with Gasteiger partial charge in [-0.1, -0.05) is 314 Å². The van der Waals surface area contributed by atoms with Crippen LogP contribution < -0.4 is 4.90 Å². The van der Waals surface area contributed by atoms with E-state index < -0.39 is 0 Å². The van der Waals surface area contributed by atoms with E-state index in [2.05, 4.69) is 341 Å². The number of benzene rings is 15. The van der Waals surface area contributed by atoms with Gasteiger partial charge in [-0.25, -0.2) is 0 Å². The molecule has 0 saturated carbocycles. The molecule has 15 aromatic carbocycles. The van der Waals surface area contributed by atoms with Crippen molar-refractivity contribution in [3.8, 4) is 66.8 Å². The van der Waals surface area contributed by atoms with Crippen LogP contribution >= 0.6 is 0 Å². The van der Waals surface area contributed by atoms with Crippen LogP contribution in [0.4, 0.5) is 17.1 Å². The summed E-state index contributed by atoms with van der Waals surface area (Å²) in [6, 6.07) is 123. The molecule has 0 radical (unpaired) electrons. The molecule has 0 unspecified atom stereocenters. The molecule has 1 heteroatoms. The van der Waals surface area contributed by atoms with Crippen LogP contribution in [0.3, 0.4) is 0 Å². The van der Waals surface area contributed by atoms with Crippen molar-refractivity contribution in [2.45, 2.75) is 20.8 Å². The maximum absolute atomic E-state index is 2.42. The first kappa shape index (κ1) is 54.4. The van der Waals surface area contributed by atoms with E-state index in [-0.39, 0.29) is 0 Å². The summed E-state index contributed by atoms with van der Waals surface area (Å²) in [6.07, 6.45) is 0. The average molecular weight is 1100 g/mol. The predicted octanol–water partition coefficient (Wildman–Crippen LogP) is 24.1. The number of para-hydroxylation sites is 1. The van der Waals surface area contributed by atoms with Crippen LogP contribution in [0.2, 0.25) is 0 Å². The average Bonchev–Trinajstić information content (AvgIpc) is 0.907. The highest BCUT2D eigenvalue weighted by atomic mass is 15.1. The first-order chi connectivity index (χ1) is 42.4. The molecule has 1 nitrogen and oxygen atoms in total. The monoisotopic (exact) mass is 1100 g/mol. The van der Waals surface area contributed by atoms with Gasteiger partial charge in [-0.15, -0.1) is 0 Å². The fraction of sp³-hybridized carbons (Fsp3) is 0.0353. The van der Waals surface area contributed by atoms with Gasteiger partial charge in [0.25, 0.3) is 0 Å². The molecule has 0 aliphatic heterocycles. The van der Waals surface area contributed by atoms with E-state index in [1.807, 2.05) is 24.3 Å². The predicted molar refractivity (Wildman–Crippen MR) is 371 cm³/mol. The summed E-state index contributed by atoms with van der Waals surface area (Å²) in [4.78, 5) is 2.34. The minimum Gasteiger partial charge on any atom is -0.311 e. The summed E-state index contributed by atoms with van der Waals surface area (Å²) < 4.78 is 0. The van der Waals surface area contributed by atoms with Gasteiger partial charge in [0, 0.05) is 17.1 Å². The molecule has 0 atom stereocenters. The smallest absolute Gasteiger partial charge is 0.0462 e. The van der Waals surface area contributed by atoms with Gasteiger partial charge in [-0.05, 0) is 173 Å². The molecule has 410 valence electrons. The summed E-state index contributed by atoms with van der Waals surface area (Å²) in [5.74, 6) is 0. The van der Waals surface area contributed by atoms with Gasteiger partial charge in [-0.3, -0.25) is 0 Å². The molecule has 0 saturated heterocycles. The number of rotatable bonds is 9. The second-order valence-electron chi connectivity index (χ2n) is 22.1. The molecule has 0 heterocycles. The van der Waals surface area contributed by atoms with E-state index in [0.29, 0.717) is 0 Å². The summed E-state index contributed by atoms with van der Waals surface area (Å²) in [5, 5.41) is 9.99. The Morgan fingerprint density at radius 1 is 0.163 bits per heavy atom. The molecule has 0 amide bonds. The summed E-state index contributed by atoms with van der Waals surface area (Å²) in [5.41, 5.74) is 22.1. The zero-order valence-electron chi connectivity index (χ0n) is 48.8. The molecule has 0 aromatic heterocycles. The van der Waals surface area contributed by atoms with Crippen LogP contribution in [0.1, 0.15) is 16.7 Å². The first-order valence-corrected chi connectivity index (χ1v) is 29.7. The van der Waals surface area contributed by atoms with Crippen LogP contribution in [0, 0.1) is 20.8 Å². The molecule has 15 aromatic rings. The highest BCUT2D eigenvalue weighted by molar-refractivity contribution is 6.23. The van der Waals surface area contributed by atoms with Crippen LogP contribution in [-0.2, 0) is 0 Å². The fourth-order valence-electron chi connectivity index (χ4n) is 12.2. The van der Waals surface area contributed by atoms with Crippen molar-refractivity contribution < 1.29 is 0 Å². The van der Waals surface area contributed by atoms with Gasteiger partial charge in [0.2, 0.25) is 0 Å². The van der Waals surface area contributed by atoms with E-state index in [1.54, 1.807) is 0 Å². The molecule has 0 N–H and O–H groups in total. The van der Waals surface area contributed by atoms with E-state index in [1.165, 1.54) is 127 Å². The quantitative estimate of drug-likeness (QED) is 0.130. The Hall–Kier alpha value is -10.9. The SMILES string of the molecule is Cc1ccc(-c2c3ccccc3c(-c3cccc(-c4c5ccccc5c(-c5ccc(N(c6ccccc6)c6ccc(-c7ccccc7)cc6)cc5)c5ccccc45)c3)c3ccccc23)cc1.Cc1ccc(-c2ccccc2)cc1.Cc1ccccc1. The van der Waals surface area contributed by atoms with Crippen molar-refractivity contribution in [3.63, 3.8) is 0 Å². The van der Waals surface area contributed by atoms with Crippen LogP contribution in [0.25, 0.3) is 110 Å². The van der Waals surface area contributed by atoms with Gasteiger partial charge in [0.15, 0.2) is 0 Å². The third-order valence-electron chi connectivity index (χ3n) is 16.4. The van der Waals surface area contributed by atoms with Crippen LogP contribution in [-0.4, -0.2) is 0 Å². The number of hydrogen-bond acceptors (Lipinski definition) is 1. The first-order valence-electron chi connectivity index (χ1n) is 29.7. The van der Waals surface area contributed by atoms with E-state index in [4.69, 9.17) is 0 Å². The van der Waals surface area contributed by atoms with E-state index in [0.717, 1.165) is 17.1 Å². The molecule has 0 fully saturated rings. The maximum atomic E-state index is 2.42. The molecular weight excluding hydrogens is 1030 g/mol. The maximum Gasteiger partial charge on any atom is 0.0462 e. The minimum atomic E-state index is 1.10. The lowest BCUT2D eigenvalue weighted by Gasteiger charge is -2.26. The summed E-state index contributed by atoms with van der Waals surface area (Å²) >= 11 is 0. The van der Waals surface area contributed by atoms with Gasteiger partial charge in [-0.2, -0.15) is 0 Å². The van der Waals surface area contributed by atoms with Gasteiger partial charge in [0.1, 0.15) is 0 Å². The topological polar surface area (TPSA) is 3.24 Å². The largest absolute Gasteiger partial charge is 0.311 e. The van der Waals surface area contributed by atoms with E-state index in [9.17, 15) is 0 Å². The minimum absolute atomic E-state index is 1.10. The number of anilines is 3. The summed E-state index contributed by atoms with van der Waals surface area (Å²) in [6.45, 7) is 6.34. The Morgan fingerprint density at radius 2 is 0.384 bits per heavy atom. The number of hydrogen-bond donors (Lipinski definition) is 0. The lowest BCUT2D eigenvalue weighted by Crippen LogP contribution is -2.09. The van der Waals surface area contributed by atoms with Crippen molar-refractivity contribution >= 4 is 60.2 Å². The van der Waals surface area contributed by atoms with Crippen molar-refractivity contribution in [2.24, 2.45) is 0 Å². The summed E-state index contributed by atoms with van der Waals surface area (Å²) in [7, 11) is 0. The Bertz CT molecular complexity index is 4650. The molecule has 15 rings (SSSR count). The van der Waals surface area contributed by atoms with Crippen molar-refractivity contribution in [2.75, 3.05) is 4.90 Å². The molecule has 86 heavy (non-hydrogen) atoms. The molecule has 0 aliphatic carbocycles. The number of aryl methyl sites for hydroxylation is 3. The second-order valence-corrected chi connectivity index (χ2v) is 22.1. The number of fused-ring (bicyclic) bond motifs is 4. The lowest BCUT2D eigenvalue weighted by atomic mass is 9.83. The highest BCUT2D eigenvalue weighted by Gasteiger charge is 2.21. The lowest BCUT2D eigenvalue weighted by molar-refractivity contribution is 1.28. The van der Waals surface area contributed by atoms with Crippen molar-refractivity contribution in [3.05, 3.63) is 356 Å². The van der Waals surface area contributed by atoms with Crippen LogP contribution in [0.5, 0.6) is 0 Å². The Labute approximate surface area is 506 Å². The van der Waals surface area contributed by atoms with Gasteiger partial charge < -0.3 is 4.90 Å². The van der Waals surface area contributed by atoms with Gasteiger partial charge >= 0.3 is 0 Å². The molecular formula is C85H65N. The van der Waals surface area contributed by atoms with Crippen LogP contribution in [0.15, 0.2) is 340 Å². The third-order valence-corrected chi connectivity index (χ3v) is 16.4. The third kappa shape index (κ3) is 11.3. The van der Waals surface area contributed by atoms with Gasteiger partial charge in [0.05, 0.1) is 0 Å². The Kier molecular flexibility index (Phi) is 15.8. The zero-order chi connectivity index (χ0) is 58.2. The Morgan fingerprint density at radius 3 is 0.709 bits per heavy atom. The molecule has 0 spiro atoms. The second kappa shape index (κ2) is 24.9. The van der Waals surface area contributed by atoms with Crippen molar-refractivity contribution in [1.82, 2.24) is 0 Å². The zero-order valence-corrected chi connectivity index (χ0v) is 48.8. The van der Waals surface area contributed by atoms with E-state index >= 15 is 0 Å².